The second-order valence-electron chi connectivity index (χ2n) is 7.36. The molecule has 2 aromatic rings. The molecule has 2 aromatic carbocycles. The predicted molar refractivity (Wildman–Crippen MR) is 109 cm³/mol. The lowest BCUT2D eigenvalue weighted by Crippen LogP contribution is -2.04. The molecular weight excluding hydrogens is 324 g/mol. The van der Waals surface area contributed by atoms with Gasteiger partial charge in [0, 0.05) is 16.8 Å². The lowest BCUT2D eigenvalue weighted by molar-refractivity contribution is -0.110. The molecule has 0 bridgehead atoms. The molecule has 1 aliphatic rings. The summed E-state index contributed by atoms with van der Waals surface area (Å²) in [5, 5.41) is 2.89. The van der Waals surface area contributed by atoms with Gasteiger partial charge >= 0.3 is 0 Å². The topological polar surface area (TPSA) is 64.3 Å². The van der Waals surface area contributed by atoms with Crippen LogP contribution in [-0.2, 0) is 4.79 Å². The van der Waals surface area contributed by atoms with Gasteiger partial charge in [-0.15, -0.1) is 0 Å². The highest BCUT2D eigenvalue weighted by Gasteiger charge is 2.24. The summed E-state index contributed by atoms with van der Waals surface area (Å²) in [6, 6.07) is 9.74. The van der Waals surface area contributed by atoms with Crippen molar-refractivity contribution in [2.75, 3.05) is 18.2 Å². The first kappa shape index (κ1) is 18.1. The first-order chi connectivity index (χ1) is 12.3. The maximum absolute atomic E-state index is 12.5. The Morgan fingerprint density at radius 2 is 1.65 bits per heavy atom. The SMILES string of the molecule is COc1c(C(C)C)cc(/C=C2/C(=O)Nc3cc(N)ccc32)cc1C(C)C. The number of hydrogen-bond donors (Lipinski definition) is 2. The van der Waals surface area contributed by atoms with E-state index in [0.29, 0.717) is 23.1 Å². The van der Waals surface area contributed by atoms with Crippen molar-refractivity contribution in [2.24, 2.45) is 0 Å². The number of anilines is 2. The molecule has 0 aliphatic carbocycles. The summed E-state index contributed by atoms with van der Waals surface area (Å²) in [4.78, 5) is 12.5. The van der Waals surface area contributed by atoms with Crippen molar-refractivity contribution < 1.29 is 9.53 Å². The first-order valence-electron chi connectivity index (χ1n) is 8.96. The number of carbonyl (C=O) groups is 1. The molecule has 0 spiro atoms. The number of nitrogens with two attached hydrogens (primary N) is 1. The normalized spacial score (nSPS) is 14.9. The van der Waals surface area contributed by atoms with Gasteiger partial charge in [-0.05, 0) is 58.9 Å². The minimum Gasteiger partial charge on any atom is -0.496 e. The van der Waals surface area contributed by atoms with E-state index in [2.05, 4.69) is 45.1 Å². The number of rotatable bonds is 4. The van der Waals surface area contributed by atoms with E-state index < -0.39 is 0 Å². The van der Waals surface area contributed by atoms with Crippen molar-refractivity contribution in [3.05, 3.63) is 52.6 Å². The molecule has 0 radical (unpaired) electrons. The molecule has 1 aliphatic heterocycles. The zero-order valence-electron chi connectivity index (χ0n) is 16.0. The highest BCUT2D eigenvalue weighted by Crippen LogP contribution is 2.38. The Morgan fingerprint density at radius 3 is 2.19 bits per heavy atom. The lowest BCUT2D eigenvalue weighted by Gasteiger charge is -2.19. The standard InChI is InChI=1S/C22H26N2O2/c1-12(2)17-8-14(9-18(13(3)4)21(17)26-5)10-19-16-7-6-15(23)11-20(16)24-22(19)25/h6-13H,23H2,1-5H3,(H,24,25)/b19-10+. The molecule has 1 amide bonds. The largest absolute Gasteiger partial charge is 0.496 e. The Hall–Kier alpha value is -2.75. The summed E-state index contributed by atoms with van der Waals surface area (Å²) in [6.45, 7) is 8.61. The third kappa shape index (κ3) is 3.19. The monoisotopic (exact) mass is 350 g/mol. The van der Waals surface area contributed by atoms with E-state index in [1.807, 2.05) is 18.2 Å². The summed E-state index contributed by atoms with van der Waals surface area (Å²) >= 11 is 0. The third-order valence-corrected chi connectivity index (χ3v) is 4.75. The smallest absolute Gasteiger partial charge is 0.256 e. The van der Waals surface area contributed by atoms with Crippen LogP contribution in [0.2, 0.25) is 0 Å². The van der Waals surface area contributed by atoms with Crippen molar-refractivity contribution in [1.29, 1.82) is 0 Å². The van der Waals surface area contributed by atoms with Crippen molar-refractivity contribution in [3.63, 3.8) is 0 Å². The van der Waals surface area contributed by atoms with Gasteiger partial charge in [0.05, 0.1) is 12.8 Å². The summed E-state index contributed by atoms with van der Waals surface area (Å²) in [6.07, 6.45) is 1.95. The van der Waals surface area contributed by atoms with Crippen molar-refractivity contribution in [3.8, 4) is 5.75 Å². The van der Waals surface area contributed by atoms with Crippen LogP contribution in [0.15, 0.2) is 30.3 Å². The molecule has 0 fully saturated rings. The van der Waals surface area contributed by atoms with Crippen molar-refractivity contribution in [2.45, 2.75) is 39.5 Å². The number of ether oxygens (including phenoxy) is 1. The molecule has 0 aromatic heterocycles. The minimum atomic E-state index is -0.0985. The van der Waals surface area contributed by atoms with Crippen LogP contribution in [0.1, 0.15) is 61.8 Å². The Balaban J connectivity index is 2.16. The molecule has 3 rings (SSSR count). The second kappa shape index (κ2) is 6.87. The highest BCUT2D eigenvalue weighted by molar-refractivity contribution is 6.35. The summed E-state index contributed by atoms with van der Waals surface area (Å²) in [5.41, 5.74) is 12.1. The predicted octanol–water partition coefficient (Wildman–Crippen LogP) is 5.02. The molecule has 0 atom stereocenters. The van der Waals surface area contributed by atoms with Gasteiger partial charge in [0.1, 0.15) is 5.75 Å². The molecule has 3 N–H and O–H groups in total. The fourth-order valence-corrected chi connectivity index (χ4v) is 3.40. The van der Waals surface area contributed by atoms with Crippen LogP contribution in [-0.4, -0.2) is 13.0 Å². The molecule has 1 heterocycles. The van der Waals surface area contributed by atoms with E-state index in [-0.39, 0.29) is 5.91 Å². The van der Waals surface area contributed by atoms with Gasteiger partial charge < -0.3 is 15.8 Å². The summed E-state index contributed by atoms with van der Waals surface area (Å²) in [5.74, 6) is 1.50. The van der Waals surface area contributed by atoms with E-state index >= 15 is 0 Å². The number of amides is 1. The number of fused-ring (bicyclic) bond motifs is 1. The Bertz CT molecular complexity index is 866. The number of nitrogen functional groups attached to an aromatic ring is 1. The number of methoxy groups -OCH3 is 1. The Morgan fingerprint density at radius 1 is 1.04 bits per heavy atom. The quantitative estimate of drug-likeness (QED) is 0.601. The molecular formula is C22H26N2O2. The molecule has 0 saturated heterocycles. The number of carbonyl (C=O) groups excluding carboxylic acids is 1. The van der Waals surface area contributed by atoms with Crippen LogP contribution < -0.4 is 15.8 Å². The lowest BCUT2D eigenvalue weighted by atomic mass is 9.90. The van der Waals surface area contributed by atoms with Gasteiger partial charge in [-0.1, -0.05) is 33.8 Å². The Labute approximate surface area is 155 Å². The fraction of sp³-hybridized carbons (Fsp3) is 0.318. The Kier molecular flexibility index (Phi) is 4.77. The molecule has 4 heteroatoms. The highest BCUT2D eigenvalue weighted by atomic mass is 16.5. The van der Waals surface area contributed by atoms with Crippen molar-refractivity contribution >= 4 is 28.9 Å². The number of hydrogen-bond acceptors (Lipinski definition) is 3. The molecule has 26 heavy (non-hydrogen) atoms. The molecule has 4 nitrogen and oxygen atoms in total. The van der Waals surface area contributed by atoms with Crippen LogP contribution in [0.5, 0.6) is 5.75 Å². The van der Waals surface area contributed by atoms with Gasteiger partial charge in [-0.25, -0.2) is 0 Å². The van der Waals surface area contributed by atoms with Crippen LogP contribution in [0.4, 0.5) is 11.4 Å². The zero-order chi connectivity index (χ0) is 19.0. The second-order valence-corrected chi connectivity index (χ2v) is 7.36. The van der Waals surface area contributed by atoms with Gasteiger partial charge in [0.15, 0.2) is 0 Å². The minimum absolute atomic E-state index is 0.0985. The first-order valence-corrected chi connectivity index (χ1v) is 8.96. The van der Waals surface area contributed by atoms with E-state index in [0.717, 1.165) is 33.7 Å². The van der Waals surface area contributed by atoms with Crippen LogP contribution >= 0.6 is 0 Å². The fourth-order valence-electron chi connectivity index (χ4n) is 3.40. The van der Waals surface area contributed by atoms with E-state index in [9.17, 15) is 4.79 Å². The third-order valence-electron chi connectivity index (χ3n) is 4.75. The zero-order valence-corrected chi connectivity index (χ0v) is 16.0. The van der Waals surface area contributed by atoms with E-state index in [1.165, 1.54) is 0 Å². The molecule has 0 saturated carbocycles. The number of benzene rings is 2. The maximum Gasteiger partial charge on any atom is 0.256 e. The van der Waals surface area contributed by atoms with E-state index in [4.69, 9.17) is 10.5 Å². The van der Waals surface area contributed by atoms with Gasteiger partial charge in [0.25, 0.3) is 5.91 Å². The number of nitrogens with one attached hydrogen (secondary N) is 1. The maximum atomic E-state index is 12.5. The average Bonchev–Trinajstić information content (AvgIpc) is 2.88. The van der Waals surface area contributed by atoms with E-state index in [1.54, 1.807) is 13.2 Å². The van der Waals surface area contributed by atoms with Gasteiger partial charge in [-0.3, -0.25) is 4.79 Å². The molecule has 136 valence electrons. The summed E-state index contributed by atoms with van der Waals surface area (Å²) < 4.78 is 5.70. The van der Waals surface area contributed by atoms with Crippen LogP contribution in [0.3, 0.4) is 0 Å². The van der Waals surface area contributed by atoms with Gasteiger partial charge in [-0.2, -0.15) is 0 Å². The van der Waals surface area contributed by atoms with Gasteiger partial charge in [0.2, 0.25) is 0 Å². The van der Waals surface area contributed by atoms with Crippen molar-refractivity contribution in [1.82, 2.24) is 0 Å². The van der Waals surface area contributed by atoms with Crippen LogP contribution in [0, 0.1) is 0 Å². The molecule has 0 unspecified atom stereocenters. The summed E-state index contributed by atoms with van der Waals surface area (Å²) in [7, 11) is 1.72. The average molecular weight is 350 g/mol. The van der Waals surface area contributed by atoms with Crippen LogP contribution in [0.25, 0.3) is 11.6 Å².